The first-order chi connectivity index (χ1) is 21.8. The van der Waals surface area contributed by atoms with Gasteiger partial charge in [-0.1, -0.05) is 77.2 Å². The Labute approximate surface area is 279 Å². The smallest absolute Gasteiger partial charge is 0.287 e. The summed E-state index contributed by atoms with van der Waals surface area (Å²) in [6.45, 7) is 24.9. The minimum atomic E-state index is -1.22. The fraction of sp³-hybridized carbons (Fsp3) is 0.694. The highest BCUT2D eigenvalue weighted by Gasteiger charge is 2.22. The molecule has 0 unspecified atom stereocenters. The molecular weight excluding hydrogens is 593 g/mol. The van der Waals surface area contributed by atoms with Crippen molar-refractivity contribution in [3.05, 3.63) is 53.2 Å². The largest absolute Gasteiger partial charge is 0.380 e. The maximum absolute atomic E-state index is 13.1. The maximum Gasteiger partial charge on any atom is 0.287 e. The van der Waals surface area contributed by atoms with Crippen LogP contribution in [0.4, 0.5) is 0 Å². The molecule has 0 atom stereocenters. The van der Waals surface area contributed by atoms with E-state index in [1.54, 1.807) is 10.8 Å². The van der Waals surface area contributed by atoms with E-state index in [1.807, 2.05) is 12.1 Å². The lowest BCUT2D eigenvalue weighted by Crippen LogP contribution is -2.47. The van der Waals surface area contributed by atoms with E-state index in [9.17, 15) is 10.1 Å². The molecule has 256 valence electrons. The van der Waals surface area contributed by atoms with Crippen LogP contribution in [0.2, 0.25) is 25.7 Å². The van der Waals surface area contributed by atoms with Gasteiger partial charge in [0.15, 0.2) is 5.69 Å². The van der Waals surface area contributed by atoms with Crippen LogP contribution in [-0.4, -0.2) is 99.0 Å². The van der Waals surface area contributed by atoms with Crippen LogP contribution in [0.15, 0.2) is 41.6 Å². The van der Waals surface area contributed by atoms with Crippen LogP contribution in [0.3, 0.4) is 0 Å². The summed E-state index contributed by atoms with van der Waals surface area (Å²) >= 11 is 0. The summed E-state index contributed by atoms with van der Waals surface area (Å²) in [6, 6.07) is 3.08. The molecule has 0 aromatic carbocycles. The van der Waals surface area contributed by atoms with Gasteiger partial charge in [0.1, 0.15) is 12.8 Å². The number of carbonyl (C=O) groups is 1. The van der Waals surface area contributed by atoms with Crippen LogP contribution in [0.5, 0.6) is 0 Å². The standard InChI is InChI=1S/C36H60N6O3Si/c1-30(2)28-44-22-21-40-17-19-41(20-18-40)26-32(11-10-31-12-14-36(3,4)15-13-31)9-8-16-38-35(43)34-39-33(25-37)27-42(34)29-45-23-24-46(5,6)7/h8-9,11-12,27,30H,10,13-24,26,28-29H2,1-7H3,(H,38,43)/b9-8-,32-11+. The van der Waals surface area contributed by atoms with Gasteiger partial charge in [0, 0.05) is 73.3 Å². The molecule has 0 bridgehead atoms. The van der Waals surface area contributed by atoms with E-state index < -0.39 is 8.07 Å². The van der Waals surface area contributed by atoms with Crippen molar-refractivity contribution in [3.8, 4) is 6.07 Å². The quantitative estimate of drug-likeness (QED) is 0.0887. The number of piperazine rings is 1. The lowest BCUT2D eigenvalue weighted by atomic mass is 9.78. The average molecular weight is 653 g/mol. The predicted octanol–water partition coefficient (Wildman–Crippen LogP) is 6.10. The highest BCUT2D eigenvalue weighted by Crippen LogP contribution is 2.35. The minimum absolute atomic E-state index is 0.202. The third kappa shape index (κ3) is 14.5. The van der Waals surface area contributed by atoms with Crippen LogP contribution in [0.25, 0.3) is 0 Å². The van der Waals surface area contributed by atoms with Crippen LogP contribution in [0, 0.1) is 22.7 Å². The molecule has 1 aliphatic heterocycles. The SMILES string of the molecule is CC(C)COCCN1CCN(CC(/C=C\CNC(=O)c2nc(C#N)cn2COCC[Si](C)(C)C)=C/CC2=CCC(C)(C)CC2)CC1. The number of nitriles is 1. The van der Waals surface area contributed by atoms with E-state index in [0.29, 0.717) is 24.5 Å². The monoisotopic (exact) mass is 652 g/mol. The minimum Gasteiger partial charge on any atom is -0.380 e. The van der Waals surface area contributed by atoms with Crippen molar-refractivity contribution in [2.24, 2.45) is 11.3 Å². The van der Waals surface area contributed by atoms with Crippen molar-refractivity contribution in [2.45, 2.75) is 85.8 Å². The highest BCUT2D eigenvalue weighted by molar-refractivity contribution is 6.76. The zero-order valence-corrected chi connectivity index (χ0v) is 30.7. The lowest BCUT2D eigenvalue weighted by Gasteiger charge is -2.35. The number of amides is 1. The number of carbonyl (C=O) groups excluding carboxylic acids is 1. The second kappa shape index (κ2) is 18.7. The van der Waals surface area contributed by atoms with Crippen molar-refractivity contribution in [1.82, 2.24) is 24.7 Å². The third-order valence-electron chi connectivity index (χ3n) is 8.60. The summed E-state index contributed by atoms with van der Waals surface area (Å²) in [5, 5.41) is 12.3. The van der Waals surface area contributed by atoms with Crippen LogP contribution in [0.1, 0.15) is 69.7 Å². The summed E-state index contributed by atoms with van der Waals surface area (Å²) in [5.74, 6) is 0.463. The Hall–Kier alpha value is -2.55. The molecule has 46 heavy (non-hydrogen) atoms. The Kier molecular flexibility index (Phi) is 15.4. The Balaban J connectivity index is 1.56. The van der Waals surface area contributed by atoms with E-state index >= 15 is 0 Å². The molecule has 9 nitrogen and oxygen atoms in total. The number of nitrogens with zero attached hydrogens (tertiary/aromatic N) is 5. The molecular formula is C36H60N6O3Si. The Morgan fingerprint density at radius 1 is 1.15 bits per heavy atom. The lowest BCUT2D eigenvalue weighted by molar-refractivity contribution is 0.0664. The van der Waals surface area contributed by atoms with Gasteiger partial charge in [0.25, 0.3) is 5.91 Å². The molecule has 1 amide bonds. The van der Waals surface area contributed by atoms with Gasteiger partial charge in [-0.25, -0.2) is 4.98 Å². The topological polar surface area (TPSA) is 95.7 Å². The van der Waals surface area contributed by atoms with Crippen LogP contribution < -0.4 is 5.32 Å². The molecule has 1 aromatic heterocycles. The molecule has 1 N–H and O–H groups in total. The number of hydrogen-bond donors (Lipinski definition) is 1. The molecule has 0 spiro atoms. The van der Waals surface area contributed by atoms with E-state index in [0.717, 1.165) is 77.8 Å². The molecule has 0 saturated carbocycles. The van der Waals surface area contributed by atoms with Gasteiger partial charge in [-0.05, 0) is 48.6 Å². The molecule has 2 heterocycles. The average Bonchev–Trinajstić information content (AvgIpc) is 3.42. The molecule has 3 rings (SSSR count). The molecule has 1 aliphatic carbocycles. The van der Waals surface area contributed by atoms with E-state index in [2.05, 4.69) is 85.7 Å². The van der Waals surface area contributed by atoms with Crippen molar-refractivity contribution < 1.29 is 14.3 Å². The molecule has 2 aliphatic rings. The normalized spacial score (nSPS) is 18.2. The van der Waals surface area contributed by atoms with Gasteiger partial charge >= 0.3 is 0 Å². The molecule has 10 heteroatoms. The van der Waals surface area contributed by atoms with Crippen molar-refractivity contribution >= 4 is 14.0 Å². The van der Waals surface area contributed by atoms with Crippen LogP contribution >= 0.6 is 0 Å². The molecule has 1 saturated heterocycles. The first kappa shape index (κ1) is 37.9. The second-order valence-electron chi connectivity index (χ2n) is 15.3. The fourth-order valence-electron chi connectivity index (χ4n) is 5.43. The van der Waals surface area contributed by atoms with Gasteiger partial charge in [-0.3, -0.25) is 14.6 Å². The van der Waals surface area contributed by atoms with Crippen molar-refractivity contribution in [1.29, 1.82) is 5.26 Å². The summed E-state index contributed by atoms with van der Waals surface area (Å²) in [5.41, 5.74) is 3.41. The van der Waals surface area contributed by atoms with Crippen molar-refractivity contribution in [2.75, 3.05) is 65.6 Å². The summed E-state index contributed by atoms with van der Waals surface area (Å²) < 4.78 is 13.3. The zero-order chi connectivity index (χ0) is 33.6. The van der Waals surface area contributed by atoms with E-state index in [-0.39, 0.29) is 24.2 Å². The number of hydrogen-bond acceptors (Lipinski definition) is 7. The Morgan fingerprint density at radius 2 is 1.89 bits per heavy atom. The summed E-state index contributed by atoms with van der Waals surface area (Å²) in [7, 11) is -1.22. The first-order valence-corrected chi connectivity index (χ1v) is 20.9. The first-order valence-electron chi connectivity index (χ1n) is 17.2. The summed E-state index contributed by atoms with van der Waals surface area (Å²) in [4.78, 5) is 22.3. The predicted molar refractivity (Wildman–Crippen MR) is 189 cm³/mol. The van der Waals surface area contributed by atoms with Gasteiger partial charge < -0.3 is 19.4 Å². The van der Waals surface area contributed by atoms with Crippen LogP contribution in [-0.2, 0) is 16.2 Å². The fourth-order valence-corrected chi connectivity index (χ4v) is 6.19. The zero-order valence-electron chi connectivity index (χ0n) is 29.7. The van der Waals surface area contributed by atoms with E-state index in [1.165, 1.54) is 17.6 Å². The number of aromatic nitrogens is 2. The number of imidazole rings is 1. The van der Waals surface area contributed by atoms with E-state index in [4.69, 9.17) is 9.47 Å². The van der Waals surface area contributed by atoms with Gasteiger partial charge in [-0.2, -0.15) is 5.26 Å². The maximum atomic E-state index is 13.1. The number of nitrogens with one attached hydrogen (secondary N) is 1. The van der Waals surface area contributed by atoms with Gasteiger partial charge in [0.2, 0.25) is 5.82 Å². The number of rotatable bonds is 18. The van der Waals surface area contributed by atoms with Gasteiger partial charge in [0.05, 0.1) is 6.61 Å². The second-order valence-corrected chi connectivity index (χ2v) is 20.9. The number of ether oxygens (including phenoxy) is 2. The number of allylic oxidation sites excluding steroid dienone is 3. The molecule has 1 fully saturated rings. The van der Waals surface area contributed by atoms with Gasteiger partial charge in [-0.15, -0.1) is 0 Å². The molecule has 1 aromatic rings. The summed E-state index contributed by atoms with van der Waals surface area (Å²) in [6.07, 6.45) is 15.1. The highest BCUT2D eigenvalue weighted by atomic mass is 28.3. The van der Waals surface area contributed by atoms with Crippen molar-refractivity contribution in [3.63, 3.8) is 0 Å². The third-order valence-corrected chi connectivity index (χ3v) is 10.3. The Morgan fingerprint density at radius 3 is 2.54 bits per heavy atom. The molecule has 0 radical (unpaired) electrons. The Bertz CT molecular complexity index is 1230.